The van der Waals surface area contributed by atoms with Crippen LogP contribution in [0.5, 0.6) is 0 Å². The third kappa shape index (κ3) is 3.49. The minimum atomic E-state index is -0.0792. The number of amides is 1. The van der Waals surface area contributed by atoms with Crippen molar-refractivity contribution < 1.29 is 9.53 Å². The Morgan fingerprint density at radius 3 is 2.88 bits per heavy atom. The molecule has 1 amide bonds. The van der Waals surface area contributed by atoms with Gasteiger partial charge in [0.1, 0.15) is 12.0 Å². The lowest BCUT2D eigenvalue weighted by Gasteiger charge is -2.32. The Hall–Kier alpha value is -2.28. The molecule has 1 saturated carbocycles. The topological polar surface area (TPSA) is 73.1 Å². The molecule has 1 atom stereocenters. The van der Waals surface area contributed by atoms with E-state index in [2.05, 4.69) is 19.5 Å². The van der Waals surface area contributed by atoms with Crippen molar-refractivity contribution in [3.8, 4) is 0 Å². The van der Waals surface area contributed by atoms with E-state index in [-0.39, 0.29) is 11.8 Å². The Morgan fingerprint density at radius 1 is 1.27 bits per heavy atom. The van der Waals surface area contributed by atoms with Gasteiger partial charge in [0, 0.05) is 38.0 Å². The van der Waals surface area contributed by atoms with Crippen molar-refractivity contribution in [3.63, 3.8) is 0 Å². The summed E-state index contributed by atoms with van der Waals surface area (Å²) < 4.78 is 8.13. The minimum Gasteiger partial charge on any atom is -0.380 e. The van der Waals surface area contributed by atoms with Gasteiger partial charge in [-0.15, -0.1) is 0 Å². The first-order chi connectivity index (χ1) is 12.7. The molecule has 1 fully saturated rings. The summed E-state index contributed by atoms with van der Waals surface area (Å²) in [6, 6.07) is 1.65. The van der Waals surface area contributed by atoms with Gasteiger partial charge in [-0.05, 0) is 24.8 Å². The van der Waals surface area contributed by atoms with Crippen LogP contribution in [0.4, 0.5) is 0 Å². The molecule has 26 heavy (non-hydrogen) atoms. The normalized spacial score (nSPS) is 20.3. The van der Waals surface area contributed by atoms with E-state index in [1.807, 2.05) is 18.3 Å². The monoisotopic (exact) mass is 355 g/mol. The highest BCUT2D eigenvalue weighted by Gasteiger charge is 2.32. The largest absolute Gasteiger partial charge is 0.380 e. The second-order valence-electron chi connectivity index (χ2n) is 7.35. The summed E-state index contributed by atoms with van der Waals surface area (Å²) in [6.07, 6.45) is 10.0. The van der Waals surface area contributed by atoms with Crippen LogP contribution in [-0.2, 0) is 18.3 Å². The molecule has 2 aliphatic rings. The molecule has 7 heteroatoms. The van der Waals surface area contributed by atoms with E-state index in [4.69, 9.17) is 4.74 Å². The first-order valence-electron chi connectivity index (χ1n) is 9.35. The van der Waals surface area contributed by atoms with Gasteiger partial charge in [-0.3, -0.25) is 4.79 Å². The number of aryl methyl sites for hydroxylation is 1. The summed E-state index contributed by atoms with van der Waals surface area (Å²) in [7, 11) is 2.01. The molecule has 7 nitrogen and oxygen atoms in total. The highest BCUT2D eigenvalue weighted by Crippen LogP contribution is 2.30. The molecule has 2 aromatic rings. The molecule has 0 unspecified atom stereocenters. The van der Waals surface area contributed by atoms with Gasteiger partial charge in [-0.1, -0.05) is 12.8 Å². The van der Waals surface area contributed by atoms with Gasteiger partial charge in [0.25, 0.3) is 5.91 Å². The van der Waals surface area contributed by atoms with Crippen molar-refractivity contribution in [2.75, 3.05) is 19.8 Å². The quantitative estimate of drug-likeness (QED) is 0.822. The number of imidazole rings is 1. The lowest BCUT2D eigenvalue weighted by atomic mass is 9.98. The fourth-order valence-electron chi connectivity index (χ4n) is 4.15. The highest BCUT2D eigenvalue weighted by atomic mass is 16.5. The predicted octanol–water partition coefficient (Wildman–Crippen LogP) is 2.16. The van der Waals surface area contributed by atoms with Gasteiger partial charge in [0.2, 0.25) is 0 Å². The Bertz CT molecular complexity index is 755. The molecule has 0 bridgehead atoms. The van der Waals surface area contributed by atoms with Crippen LogP contribution in [0.1, 0.15) is 53.5 Å². The number of carbonyl (C=O) groups is 1. The summed E-state index contributed by atoms with van der Waals surface area (Å²) in [5, 5.41) is 0. The van der Waals surface area contributed by atoms with E-state index in [1.54, 1.807) is 12.3 Å². The van der Waals surface area contributed by atoms with Crippen molar-refractivity contribution in [2.24, 2.45) is 13.0 Å². The molecule has 2 aromatic heterocycles. The van der Waals surface area contributed by atoms with Gasteiger partial charge in [-0.2, -0.15) is 0 Å². The Balaban J connectivity index is 1.47. The first kappa shape index (κ1) is 17.1. The number of hydrogen-bond acceptors (Lipinski definition) is 5. The van der Waals surface area contributed by atoms with Crippen molar-refractivity contribution in [3.05, 3.63) is 42.0 Å². The Kier molecular flexibility index (Phi) is 4.97. The van der Waals surface area contributed by atoms with Gasteiger partial charge < -0.3 is 14.2 Å². The van der Waals surface area contributed by atoms with E-state index >= 15 is 0 Å². The maximum Gasteiger partial charge on any atom is 0.272 e. The van der Waals surface area contributed by atoms with Crippen LogP contribution >= 0.6 is 0 Å². The summed E-state index contributed by atoms with van der Waals surface area (Å²) >= 11 is 0. The Labute approximate surface area is 153 Å². The van der Waals surface area contributed by atoms with E-state index < -0.39 is 0 Å². The van der Waals surface area contributed by atoms with Crippen LogP contribution in [0, 0.1) is 5.92 Å². The summed E-state index contributed by atoms with van der Waals surface area (Å²) in [5.74, 6) is 0.756. The lowest BCUT2D eigenvalue weighted by molar-refractivity contribution is 0.0568. The molecule has 0 N–H and O–H groups in total. The van der Waals surface area contributed by atoms with Gasteiger partial charge in [-0.25, -0.2) is 15.0 Å². The van der Waals surface area contributed by atoms with Crippen molar-refractivity contribution in [2.45, 2.75) is 38.1 Å². The number of carbonyl (C=O) groups excluding carboxylic acids is 1. The summed E-state index contributed by atoms with van der Waals surface area (Å²) in [4.78, 5) is 27.1. The third-order valence-electron chi connectivity index (χ3n) is 5.47. The van der Waals surface area contributed by atoms with Gasteiger partial charge in [0.15, 0.2) is 0 Å². The fraction of sp³-hybridized carbons (Fsp3) is 0.579. The van der Waals surface area contributed by atoms with Crippen LogP contribution in [-0.4, -0.2) is 50.1 Å². The van der Waals surface area contributed by atoms with Crippen LogP contribution < -0.4 is 0 Å². The van der Waals surface area contributed by atoms with E-state index in [9.17, 15) is 4.79 Å². The second-order valence-corrected chi connectivity index (χ2v) is 7.35. The maximum absolute atomic E-state index is 12.8. The van der Waals surface area contributed by atoms with Crippen LogP contribution in [0.15, 0.2) is 24.9 Å². The SMILES string of the molecule is Cn1cnc2c1[C@@H](COCC1CCCC1)CN(C(=O)c1ccncn1)C2. The van der Waals surface area contributed by atoms with Crippen molar-refractivity contribution >= 4 is 5.91 Å². The van der Waals surface area contributed by atoms with Gasteiger partial charge >= 0.3 is 0 Å². The van der Waals surface area contributed by atoms with E-state index in [1.165, 1.54) is 37.7 Å². The first-order valence-corrected chi connectivity index (χ1v) is 9.35. The molecule has 0 aromatic carbocycles. The molecule has 0 radical (unpaired) electrons. The standard InChI is InChI=1S/C19H25N5O2/c1-23-13-22-17-9-24(19(25)16-6-7-20-12-21-16)8-15(18(17)23)11-26-10-14-4-2-3-5-14/h6-7,12-15H,2-5,8-11H2,1H3/t15-/m1/s1. The number of ether oxygens (including phenoxy) is 1. The molecule has 138 valence electrons. The fourth-order valence-corrected chi connectivity index (χ4v) is 4.15. The smallest absolute Gasteiger partial charge is 0.272 e. The molecule has 3 heterocycles. The minimum absolute atomic E-state index is 0.0792. The van der Waals surface area contributed by atoms with Crippen LogP contribution in [0.3, 0.4) is 0 Å². The zero-order valence-corrected chi connectivity index (χ0v) is 15.2. The van der Waals surface area contributed by atoms with E-state index in [0.717, 1.165) is 12.3 Å². The molecule has 4 rings (SSSR count). The number of aromatic nitrogens is 4. The average Bonchev–Trinajstić information content (AvgIpc) is 3.32. The van der Waals surface area contributed by atoms with Crippen molar-refractivity contribution in [1.82, 2.24) is 24.4 Å². The summed E-state index contributed by atoms with van der Waals surface area (Å²) in [6.45, 7) is 2.58. The Morgan fingerprint density at radius 2 is 2.12 bits per heavy atom. The number of hydrogen-bond donors (Lipinski definition) is 0. The molecule has 0 saturated heterocycles. The van der Waals surface area contributed by atoms with Gasteiger partial charge in [0.05, 0.1) is 25.2 Å². The van der Waals surface area contributed by atoms with Crippen LogP contribution in [0.2, 0.25) is 0 Å². The van der Waals surface area contributed by atoms with Crippen molar-refractivity contribution in [1.29, 1.82) is 0 Å². The molecule has 1 aliphatic carbocycles. The molecular weight excluding hydrogens is 330 g/mol. The predicted molar refractivity (Wildman–Crippen MR) is 95.5 cm³/mol. The second kappa shape index (κ2) is 7.53. The number of fused-ring (bicyclic) bond motifs is 1. The number of nitrogens with zero attached hydrogens (tertiary/aromatic N) is 5. The number of rotatable bonds is 5. The molecule has 0 spiro atoms. The van der Waals surface area contributed by atoms with E-state index in [0.29, 0.717) is 31.3 Å². The maximum atomic E-state index is 12.8. The lowest BCUT2D eigenvalue weighted by Crippen LogP contribution is -2.40. The zero-order valence-electron chi connectivity index (χ0n) is 15.2. The molecular formula is C19H25N5O2. The summed E-state index contributed by atoms with van der Waals surface area (Å²) in [5.41, 5.74) is 2.56. The van der Waals surface area contributed by atoms with Crippen LogP contribution in [0.25, 0.3) is 0 Å². The molecule has 1 aliphatic heterocycles. The third-order valence-corrected chi connectivity index (χ3v) is 5.47. The highest BCUT2D eigenvalue weighted by molar-refractivity contribution is 5.92. The zero-order chi connectivity index (χ0) is 17.9. The average molecular weight is 355 g/mol.